The number of amides is 2. The predicted octanol–water partition coefficient (Wildman–Crippen LogP) is 4.95. The highest BCUT2D eigenvalue weighted by Gasteiger charge is 2.25. The van der Waals surface area contributed by atoms with Gasteiger partial charge in [-0.2, -0.15) is 0 Å². The Balaban J connectivity index is 1.73. The van der Waals surface area contributed by atoms with E-state index in [4.69, 9.17) is 27.9 Å². The Labute approximate surface area is 173 Å². The summed E-state index contributed by atoms with van der Waals surface area (Å²) in [5.74, 6) is 0.0788. The maximum absolute atomic E-state index is 12.2. The minimum atomic E-state index is -0.323. The number of hydrogen-bond donors (Lipinski definition) is 1. The van der Waals surface area contributed by atoms with Crippen molar-refractivity contribution in [2.75, 3.05) is 23.4 Å². The molecule has 2 aromatic carbocycles. The molecule has 0 unspecified atom stereocenters. The van der Waals surface area contributed by atoms with Gasteiger partial charge in [0, 0.05) is 34.4 Å². The van der Waals surface area contributed by atoms with Crippen molar-refractivity contribution in [3.8, 4) is 5.75 Å². The standard InChI is InChI=1S/C21H18Cl2N2O3/c1-13(2)11-25-18-7-6-16(10-19(18)28-12-21(25)27)24-20(26)8-4-14-3-5-15(22)9-17(14)23/h3-10H,1,11-12H2,2H3,(H,24,26)/b8-4+. The van der Waals surface area contributed by atoms with Crippen molar-refractivity contribution in [3.05, 3.63) is 70.2 Å². The smallest absolute Gasteiger partial charge is 0.265 e. The van der Waals surface area contributed by atoms with Crippen LogP contribution in [0, 0.1) is 0 Å². The largest absolute Gasteiger partial charge is 0.481 e. The summed E-state index contributed by atoms with van der Waals surface area (Å²) >= 11 is 12.0. The van der Waals surface area contributed by atoms with Gasteiger partial charge < -0.3 is 15.0 Å². The first-order valence-corrected chi connectivity index (χ1v) is 9.25. The molecule has 0 spiro atoms. The van der Waals surface area contributed by atoms with Crippen LogP contribution in [0.2, 0.25) is 10.0 Å². The number of hydrogen-bond acceptors (Lipinski definition) is 3. The molecule has 144 valence electrons. The van der Waals surface area contributed by atoms with Crippen LogP contribution in [0.1, 0.15) is 12.5 Å². The van der Waals surface area contributed by atoms with E-state index in [-0.39, 0.29) is 18.4 Å². The van der Waals surface area contributed by atoms with Gasteiger partial charge >= 0.3 is 0 Å². The Hall–Kier alpha value is -2.76. The fourth-order valence-corrected chi connectivity index (χ4v) is 3.18. The van der Waals surface area contributed by atoms with Crippen LogP contribution in [0.3, 0.4) is 0 Å². The van der Waals surface area contributed by atoms with Gasteiger partial charge in [-0.3, -0.25) is 9.59 Å². The normalized spacial score (nSPS) is 13.2. The maximum atomic E-state index is 12.2. The van der Waals surface area contributed by atoms with Crippen molar-refractivity contribution in [1.82, 2.24) is 0 Å². The van der Waals surface area contributed by atoms with Crippen molar-refractivity contribution in [2.45, 2.75) is 6.92 Å². The van der Waals surface area contributed by atoms with E-state index in [2.05, 4.69) is 11.9 Å². The number of fused-ring (bicyclic) bond motifs is 1. The van der Waals surface area contributed by atoms with Gasteiger partial charge in [-0.1, -0.05) is 41.4 Å². The number of carbonyl (C=O) groups is 2. The highest BCUT2D eigenvalue weighted by Crippen LogP contribution is 2.35. The third-order valence-corrected chi connectivity index (χ3v) is 4.54. The lowest BCUT2D eigenvalue weighted by Crippen LogP contribution is -2.39. The Morgan fingerprint density at radius 3 is 2.79 bits per heavy atom. The Morgan fingerprint density at radius 2 is 2.07 bits per heavy atom. The van der Waals surface area contributed by atoms with E-state index < -0.39 is 0 Å². The molecular formula is C21H18Cl2N2O3. The van der Waals surface area contributed by atoms with E-state index in [0.717, 1.165) is 5.57 Å². The molecule has 0 radical (unpaired) electrons. The molecule has 1 N–H and O–H groups in total. The summed E-state index contributed by atoms with van der Waals surface area (Å²) in [7, 11) is 0. The third-order valence-electron chi connectivity index (χ3n) is 3.98. The van der Waals surface area contributed by atoms with Gasteiger partial charge in [-0.15, -0.1) is 0 Å². The summed E-state index contributed by atoms with van der Waals surface area (Å²) in [6.07, 6.45) is 2.99. The summed E-state index contributed by atoms with van der Waals surface area (Å²) in [5, 5.41) is 3.75. The van der Waals surface area contributed by atoms with Crippen LogP contribution in [0.4, 0.5) is 11.4 Å². The van der Waals surface area contributed by atoms with Crippen molar-refractivity contribution >= 4 is 52.5 Å². The van der Waals surface area contributed by atoms with Crippen LogP contribution in [0.25, 0.3) is 6.08 Å². The molecule has 0 saturated heterocycles. The van der Waals surface area contributed by atoms with Gasteiger partial charge in [0.2, 0.25) is 5.91 Å². The highest BCUT2D eigenvalue weighted by atomic mass is 35.5. The second kappa shape index (κ2) is 8.50. The predicted molar refractivity (Wildman–Crippen MR) is 113 cm³/mol. The lowest BCUT2D eigenvalue weighted by atomic mass is 10.2. The van der Waals surface area contributed by atoms with Crippen molar-refractivity contribution < 1.29 is 14.3 Å². The summed E-state index contributed by atoms with van der Waals surface area (Å²) in [4.78, 5) is 25.9. The number of benzene rings is 2. The molecule has 1 aliphatic heterocycles. The molecule has 0 atom stereocenters. The number of nitrogens with zero attached hydrogens (tertiary/aromatic N) is 1. The van der Waals surface area contributed by atoms with Crippen molar-refractivity contribution in [3.63, 3.8) is 0 Å². The van der Waals surface area contributed by atoms with Crippen LogP contribution in [0.5, 0.6) is 5.75 Å². The zero-order chi connectivity index (χ0) is 20.3. The molecule has 1 aliphatic rings. The zero-order valence-corrected chi connectivity index (χ0v) is 16.7. The minimum Gasteiger partial charge on any atom is -0.481 e. The van der Waals surface area contributed by atoms with Crippen LogP contribution in [-0.2, 0) is 9.59 Å². The zero-order valence-electron chi connectivity index (χ0n) is 15.2. The van der Waals surface area contributed by atoms with Crippen LogP contribution < -0.4 is 15.0 Å². The van der Waals surface area contributed by atoms with E-state index in [1.807, 2.05) is 6.92 Å². The fourth-order valence-electron chi connectivity index (χ4n) is 2.71. The molecule has 1 heterocycles. The second-order valence-corrected chi connectivity index (χ2v) is 7.24. The Morgan fingerprint density at radius 1 is 1.29 bits per heavy atom. The average molecular weight is 417 g/mol. The third kappa shape index (κ3) is 4.74. The average Bonchev–Trinajstić information content (AvgIpc) is 2.63. The number of carbonyl (C=O) groups excluding carboxylic acids is 2. The van der Waals surface area contributed by atoms with Crippen LogP contribution in [0.15, 0.2) is 54.6 Å². The molecule has 0 bridgehead atoms. The molecule has 0 fully saturated rings. The molecule has 0 saturated carbocycles. The number of anilines is 2. The summed E-state index contributed by atoms with van der Waals surface area (Å²) < 4.78 is 5.51. The molecule has 5 nitrogen and oxygen atoms in total. The van der Waals surface area contributed by atoms with Gasteiger partial charge in [0.25, 0.3) is 5.91 Å². The maximum Gasteiger partial charge on any atom is 0.265 e. The van der Waals surface area contributed by atoms with Crippen LogP contribution in [-0.4, -0.2) is 25.0 Å². The number of halogens is 2. The van der Waals surface area contributed by atoms with Gasteiger partial charge in [0.05, 0.1) is 5.69 Å². The Kier molecular flexibility index (Phi) is 6.07. The summed E-state index contributed by atoms with van der Waals surface area (Å²) in [5.41, 5.74) is 2.76. The fraction of sp³-hybridized carbons (Fsp3) is 0.143. The molecular weight excluding hydrogens is 399 g/mol. The van der Waals surface area contributed by atoms with E-state index in [1.54, 1.807) is 47.4 Å². The number of rotatable bonds is 5. The molecule has 2 aromatic rings. The van der Waals surface area contributed by atoms with Gasteiger partial charge in [-0.25, -0.2) is 0 Å². The molecule has 7 heteroatoms. The SMILES string of the molecule is C=C(C)CN1C(=O)COc2cc(NC(=O)/C=C/c3ccc(Cl)cc3Cl)ccc21. The topological polar surface area (TPSA) is 58.6 Å². The van der Waals surface area contributed by atoms with E-state index in [1.165, 1.54) is 6.08 Å². The van der Waals surface area contributed by atoms with Gasteiger partial charge in [0.1, 0.15) is 5.75 Å². The minimum absolute atomic E-state index is 0.0490. The van der Waals surface area contributed by atoms with Crippen molar-refractivity contribution in [2.24, 2.45) is 0 Å². The first kappa shape index (κ1) is 20.0. The first-order valence-electron chi connectivity index (χ1n) is 8.49. The lowest BCUT2D eigenvalue weighted by molar-refractivity contribution is -0.121. The monoisotopic (exact) mass is 416 g/mol. The summed E-state index contributed by atoms with van der Waals surface area (Å²) in [6, 6.07) is 10.2. The molecule has 3 rings (SSSR count). The quantitative estimate of drug-likeness (QED) is 0.554. The Bertz CT molecular complexity index is 986. The van der Waals surface area contributed by atoms with E-state index in [0.29, 0.717) is 39.3 Å². The van der Waals surface area contributed by atoms with Gasteiger partial charge in [0.15, 0.2) is 6.61 Å². The van der Waals surface area contributed by atoms with E-state index in [9.17, 15) is 9.59 Å². The number of nitrogens with one attached hydrogen (secondary N) is 1. The molecule has 0 aliphatic carbocycles. The molecule has 2 amide bonds. The van der Waals surface area contributed by atoms with Crippen molar-refractivity contribution in [1.29, 1.82) is 0 Å². The van der Waals surface area contributed by atoms with E-state index >= 15 is 0 Å². The van der Waals surface area contributed by atoms with Crippen LogP contribution >= 0.6 is 23.2 Å². The highest BCUT2D eigenvalue weighted by molar-refractivity contribution is 6.35. The molecule has 0 aromatic heterocycles. The van der Waals surface area contributed by atoms with Gasteiger partial charge in [-0.05, 0) is 42.8 Å². The molecule has 28 heavy (non-hydrogen) atoms. The first-order chi connectivity index (χ1) is 13.3. The second-order valence-electron chi connectivity index (χ2n) is 6.40. The lowest BCUT2D eigenvalue weighted by Gasteiger charge is -2.29. The number of ether oxygens (including phenoxy) is 1. The summed E-state index contributed by atoms with van der Waals surface area (Å²) in [6.45, 7) is 6.08.